The third-order valence-corrected chi connectivity index (χ3v) is 3.98. The number of halogens is 4. The molecule has 0 atom stereocenters. The third-order valence-electron chi connectivity index (χ3n) is 3.49. The van der Waals surface area contributed by atoms with Crippen molar-refractivity contribution in [1.29, 1.82) is 0 Å². The maximum absolute atomic E-state index is 13.0. The molecule has 0 bridgehead atoms. The van der Waals surface area contributed by atoms with Crippen molar-refractivity contribution < 1.29 is 22.7 Å². The molecule has 25 heavy (non-hydrogen) atoms. The van der Waals surface area contributed by atoms with Gasteiger partial charge in [0.25, 0.3) is 0 Å². The summed E-state index contributed by atoms with van der Waals surface area (Å²) in [6.07, 6.45) is -4.51. The number of aromatic nitrogens is 2. The number of carbonyl (C=O) groups is 1. The lowest BCUT2D eigenvalue weighted by Crippen LogP contribution is -2.09. The van der Waals surface area contributed by atoms with Crippen LogP contribution in [0, 0.1) is 0 Å². The van der Waals surface area contributed by atoms with Crippen molar-refractivity contribution in [2.24, 2.45) is 0 Å². The van der Waals surface area contributed by atoms with Crippen LogP contribution in [0.25, 0.3) is 22.3 Å². The molecule has 0 aliphatic carbocycles. The van der Waals surface area contributed by atoms with E-state index in [0.717, 1.165) is 16.6 Å². The Morgan fingerprint density at radius 1 is 1.12 bits per heavy atom. The number of nitrogens with zero attached hydrogens (tertiary/aromatic N) is 2. The topological polar surface area (TPSA) is 52.1 Å². The molecule has 0 aliphatic rings. The van der Waals surface area contributed by atoms with E-state index in [1.807, 2.05) is 0 Å². The van der Waals surface area contributed by atoms with Crippen molar-refractivity contribution >= 4 is 32.8 Å². The van der Waals surface area contributed by atoms with E-state index in [0.29, 0.717) is 5.56 Å². The van der Waals surface area contributed by atoms with Crippen LogP contribution >= 0.6 is 15.9 Å². The van der Waals surface area contributed by atoms with Crippen molar-refractivity contribution in [3.05, 3.63) is 58.2 Å². The van der Waals surface area contributed by atoms with E-state index < -0.39 is 17.7 Å². The molecule has 3 aromatic rings. The molecule has 0 N–H and O–H groups in total. The zero-order valence-corrected chi connectivity index (χ0v) is 14.4. The zero-order valence-electron chi connectivity index (χ0n) is 12.8. The molecule has 4 nitrogen and oxygen atoms in total. The largest absolute Gasteiger partial charge is 0.464 e. The number of alkyl halides is 3. The molecule has 3 rings (SSSR count). The molecule has 2 aromatic carbocycles. The minimum atomic E-state index is -4.51. The smallest absolute Gasteiger partial charge is 0.416 e. The van der Waals surface area contributed by atoms with E-state index in [2.05, 4.69) is 25.9 Å². The van der Waals surface area contributed by atoms with Gasteiger partial charge >= 0.3 is 12.1 Å². The van der Waals surface area contributed by atoms with Crippen LogP contribution in [0.3, 0.4) is 0 Å². The molecule has 0 aliphatic heterocycles. The maximum Gasteiger partial charge on any atom is 0.416 e. The van der Waals surface area contributed by atoms with Crippen molar-refractivity contribution in [2.75, 3.05) is 7.11 Å². The number of esters is 1. The molecular formula is C17H10BrF3N2O2. The highest BCUT2D eigenvalue weighted by atomic mass is 79.9. The SMILES string of the molecule is COC(=O)c1nc(-c2cccc(Br)c2)nc2cc(C(F)(F)F)ccc12. The maximum atomic E-state index is 13.0. The minimum absolute atomic E-state index is 0.0141. The molecule has 0 saturated heterocycles. The molecule has 1 heterocycles. The second-order valence-corrected chi connectivity index (χ2v) is 6.04. The summed E-state index contributed by atoms with van der Waals surface area (Å²) in [6.45, 7) is 0. The Morgan fingerprint density at radius 2 is 1.88 bits per heavy atom. The molecule has 0 spiro atoms. The number of fused-ring (bicyclic) bond motifs is 1. The van der Waals surface area contributed by atoms with Gasteiger partial charge < -0.3 is 4.74 Å². The standard InChI is InChI=1S/C17H10BrF3N2O2/c1-25-16(24)14-12-6-5-10(17(19,20)21)8-13(12)22-15(23-14)9-3-2-4-11(18)7-9/h2-8H,1H3. The fraction of sp³-hybridized carbons (Fsp3) is 0.118. The van der Waals surface area contributed by atoms with Crippen LogP contribution in [0.4, 0.5) is 13.2 Å². The van der Waals surface area contributed by atoms with Gasteiger partial charge in [0.2, 0.25) is 0 Å². The summed E-state index contributed by atoms with van der Waals surface area (Å²) < 4.78 is 44.4. The van der Waals surface area contributed by atoms with E-state index in [-0.39, 0.29) is 22.4 Å². The van der Waals surface area contributed by atoms with Gasteiger partial charge in [-0.25, -0.2) is 14.8 Å². The molecule has 0 amide bonds. The van der Waals surface area contributed by atoms with Crippen LogP contribution in [0.5, 0.6) is 0 Å². The average Bonchev–Trinajstić information content (AvgIpc) is 2.58. The summed E-state index contributed by atoms with van der Waals surface area (Å²) in [5, 5.41) is 0.193. The Kier molecular flexibility index (Phi) is 4.47. The summed E-state index contributed by atoms with van der Waals surface area (Å²) in [4.78, 5) is 20.4. The minimum Gasteiger partial charge on any atom is -0.464 e. The quantitative estimate of drug-likeness (QED) is 0.565. The van der Waals surface area contributed by atoms with Crippen LogP contribution < -0.4 is 0 Å². The Bertz CT molecular complexity index is 974. The molecule has 1 aromatic heterocycles. The summed E-state index contributed by atoms with van der Waals surface area (Å²) >= 11 is 3.31. The highest BCUT2D eigenvalue weighted by Gasteiger charge is 2.31. The Hall–Kier alpha value is -2.48. The lowest BCUT2D eigenvalue weighted by Gasteiger charge is -2.11. The first-order valence-electron chi connectivity index (χ1n) is 7.03. The predicted molar refractivity (Wildman–Crippen MR) is 89.0 cm³/mol. The van der Waals surface area contributed by atoms with Crippen LogP contribution in [-0.4, -0.2) is 23.0 Å². The van der Waals surface area contributed by atoms with E-state index in [1.165, 1.54) is 13.2 Å². The first-order chi connectivity index (χ1) is 11.8. The zero-order chi connectivity index (χ0) is 18.2. The van der Waals surface area contributed by atoms with E-state index in [9.17, 15) is 18.0 Å². The monoisotopic (exact) mass is 410 g/mol. The van der Waals surface area contributed by atoms with Gasteiger partial charge in [-0.1, -0.05) is 28.1 Å². The first kappa shape index (κ1) is 17.3. The van der Waals surface area contributed by atoms with Gasteiger partial charge in [0.15, 0.2) is 11.5 Å². The van der Waals surface area contributed by atoms with Crippen molar-refractivity contribution in [3.63, 3.8) is 0 Å². The molecule has 0 radical (unpaired) electrons. The molecular weight excluding hydrogens is 401 g/mol. The van der Waals surface area contributed by atoms with Crippen molar-refractivity contribution in [3.8, 4) is 11.4 Å². The van der Waals surface area contributed by atoms with Gasteiger partial charge in [0, 0.05) is 15.4 Å². The van der Waals surface area contributed by atoms with Gasteiger partial charge in [-0.15, -0.1) is 0 Å². The number of methoxy groups -OCH3 is 1. The van der Waals surface area contributed by atoms with Gasteiger partial charge in [-0.05, 0) is 30.3 Å². The lowest BCUT2D eigenvalue weighted by atomic mass is 10.1. The van der Waals surface area contributed by atoms with Crippen molar-refractivity contribution in [1.82, 2.24) is 9.97 Å². The number of benzene rings is 2. The van der Waals surface area contributed by atoms with E-state index in [4.69, 9.17) is 4.74 Å². The van der Waals surface area contributed by atoms with Crippen LogP contribution in [0.2, 0.25) is 0 Å². The summed E-state index contributed by atoms with van der Waals surface area (Å²) in [5.74, 6) is -0.614. The fourth-order valence-electron chi connectivity index (χ4n) is 2.31. The first-order valence-corrected chi connectivity index (χ1v) is 7.82. The van der Waals surface area contributed by atoms with Crippen LogP contribution in [0.1, 0.15) is 16.1 Å². The van der Waals surface area contributed by atoms with E-state index in [1.54, 1.807) is 24.3 Å². The Balaban J connectivity index is 2.30. The predicted octanol–water partition coefficient (Wildman–Crippen LogP) is 4.86. The number of hydrogen-bond acceptors (Lipinski definition) is 4. The van der Waals surface area contributed by atoms with Gasteiger partial charge in [0.1, 0.15) is 0 Å². The summed E-state index contributed by atoms with van der Waals surface area (Å²) in [6, 6.07) is 9.87. The molecule has 0 fully saturated rings. The number of ether oxygens (including phenoxy) is 1. The number of hydrogen-bond donors (Lipinski definition) is 0. The van der Waals surface area contributed by atoms with Gasteiger partial charge in [-0.3, -0.25) is 0 Å². The number of rotatable bonds is 2. The van der Waals surface area contributed by atoms with Crippen molar-refractivity contribution in [2.45, 2.75) is 6.18 Å². The van der Waals surface area contributed by atoms with Gasteiger partial charge in [-0.2, -0.15) is 13.2 Å². The summed E-state index contributed by atoms with van der Waals surface area (Å²) in [7, 11) is 1.18. The molecule has 128 valence electrons. The number of carbonyl (C=O) groups excluding carboxylic acids is 1. The molecule has 0 saturated carbocycles. The Labute approximate surface area is 148 Å². The van der Waals surface area contributed by atoms with Gasteiger partial charge in [0.05, 0.1) is 18.2 Å². The van der Waals surface area contributed by atoms with E-state index >= 15 is 0 Å². The lowest BCUT2D eigenvalue weighted by molar-refractivity contribution is -0.137. The van der Waals surface area contributed by atoms with Crippen LogP contribution in [0.15, 0.2) is 46.9 Å². The molecule has 8 heteroatoms. The second-order valence-electron chi connectivity index (χ2n) is 5.13. The highest BCUT2D eigenvalue weighted by molar-refractivity contribution is 9.10. The highest BCUT2D eigenvalue weighted by Crippen LogP contribution is 2.32. The normalized spacial score (nSPS) is 11.6. The third kappa shape index (κ3) is 3.48. The second kappa shape index (κ2) is 6.44. The fourth-order valence-corrected chi connectivity index (χ4v) is 2.71. The Morgan fingerprint density at radius 3 is 2.52 bits per heavy atom. The molecule has 0 unspecified atom stereocenters. The average molecular weight is 411 g/mol. The van der Waals surface area contributed by atoms with Crippen LogP contribution in [-0.2, 0) is 10.9 Å². The summed E-state index contributed by atoms with van der Waals surface area (Å²) in [5.41, 5.74) is -0.370.